The third kappa shape index (κ3) is 15.4. The Morgan fingerprint density at radius 2 is 1.20 bits per heavy atom. The van der Waals surface area contributed by atoms with Gasteiger partial charge in [-0.1, -0.05) is 57.2 Å². The molecule has 2 aromatic carbocycles. The van der Waals surface area contributed by atoms with E-state index in [9.17, 15) is 5.11 Å². The molecule has 0 fully saturated rings. The Morgan fingerprint density at radius 1 is 0.756 bits per heavy atom. The minimum absolute atomic E-state index is 0.194. The molecule has 0 spiro atoms. The molecule has 2 aromatic rings. The number of hydrogen-bond acceptors (Lipinski definition) is 6. The van der Waals surface area contributed by atoms with Gasteiger partial charge in [-0.15, -0.1) is 13.2 Å². The molecule has 0 amide bonds. The molecule has 2 atom stereocenters. The van der Waals surface area contributed by atoms with Gasteiger partial charge >= 0.3 is 0 Å². The number of aliphatic hydroxyl groups is 1. The van der Waals surface area contributed by atoms with Gasteiger partial charge in [0.15, 0.2) is 8.32 Å². The van der Waals surface area contributed by atoms with E-state index in [4.69, 9.17) is 23.4 Å². The molecule has 41 heavy (non-hydrogen) atoms. The molecule has 0 aromatic heterocycles. The predicted octanol–water partition coefficient (Wildman–Crippen LogP) is 8.11. The molecule has 1 N–H and O–H groups in total. The van der Waals surface area contributed by atoms with Crippen molar-refractivity contribution in [3.8, 4) is 11.5 Å². The highest BCUT2D eigenvalue weighted by Crippen LogP contribution is 2.38. The summed E-state index contributed by atoms with van der Waals surface area (Å²) in [6, 6.07) is 15.7. The number of aliphatic hydroxyl groups excluding tert-OH is 1. The number of ether oxygens (including phenoxy) is 4. The van der Waals surface area contributed by atoms with Gasteiger partial charge in [-0.25, -0.2) is 0 Å². The third-order valence-corrected chi connectivity index (χ3v) is 11.7. The van der Waals surface area contributed by atoms with E-state index in [1.807, 2.05) is 54.6 Å². The molecule has 230 valence electrons. The van der Waals surface area contributed by atoms with E-state index < -0.39 is 8.32 Å². The minimum atomic E-state index is -1.76. The van der Waals surface area contributed by atoms with Crippen LogP contribution in [0.5, 0.6) is 11.5 Å². The minimum Gasteiger partial charge on any atom is -0.497 e. The van der Waals surface area contributed by atoms with Crippen molar-refractivity contribution < 1.29 is 28.5 Å². The summed E-state index contributed by atoms with van der Waals surface area (Å²) in [7, 11) is 1.56. The second kappa shape index (κ2) is 19.7. The zero-order valence-electron chi connectivity index (χ0n) is 26.5. The Hall–Kier alpha value is -2.42. The van der Waals surface area contributed by atoms with Gasteiger partial charge in [0.25, 0.3) is 0 Å². The molecule has 7 heteroatoms. The number of rotatable bonds is 18. The summed E-state index contributed by atoms with van der Waals surface area (Å²) in [6.07, 6.45) is 6.54. The molecule has 0 aliphatic heterocycles. The molecule has 0 aliphatic rings. The van der Waals surface area contributed by atoms with Crippen molar-refractivity contribution in [2.24, 2.45) is 0 Å². The summed E-state index contributed by atoms with van der Waals surface area (Å²) in [5.41, 5.74) is 2.25. The van der Waals surface area contributed by atoms with E-state index in [0.717, 1.165) is 35.5 Å². The van der Waals surface area contributed by atoms with E-state index in [1.54, 1.807) is 20.3 Å². The molecule has 0 heterocycles. The van der Waals surface area contributed by atoms with Gasteiger partial charge in [0.2, 0.25) is 0 Å². The van der Waals surface area contributed by atoms with Crippen LogP contribution >= 0.6 is 0 Å². The average Bonchev–Trinajstić information content (AvgIpc) is 2.94. The standard InChI is InChI=1S/C20H34O3Si.C14H20O3/c1-8-9-19(23-24(6,7)20(2,3)4)14-15-22-16-17-10-12-18(21-5)13-11-17;1-3-4-13(15)9-10-17-11-12-5-7-14(16-2)8-6-12/h8,10-13,19H,1,9,14-16H2,2-7H3;3,5-8,13,15H,1,4,9-11H2,2H3/t19-;13-/m00/s1. The van der Waals surface area contributed by atoms with E-state index >= 15 is 0 Å². The van der Waals surface area contributed by atoms with E-state index in [1.165, 1.54) is 0 Å². The molecule has 0 saturated heterocycles. The first-order valence-electron chi connectivity index (χ1n) is 14.4. The van der Waals surface area contributed by atoms with Crippen molar-refractivity contribution >= 4 is 8.32 Å². The van der Waals surface area contributed by atoms with Crippen LogP contribution in [0.3, 0.4) is 0 Å². The molecule has 0 aliphatic carbocycles. The van der Waals surface area contributed by atoms with Gasteiger partial charge in [-0.2, -0.15) is 0 Å². The highest BCUT2D eigenvalue weighted by Gasteiger charge is 2.38. The first kappa shape index (κ1) is 36.6. The molecular weight excluding hydrogens is 532 g/mol. The van der Waals surface area contributed by atoms with Crippen molar-refractivity contribution in [3.05, 3.63) is 85.0 Å². The molecular formula is C34H54O6Si. The van der Waals surface area contributed by atoms with Crippen LogP contribution in [0.2, 0.25) is 18.1 Å². The largest absolute Gasteiger partial charge is 0.497 e. The average molecular weight is 587 g/mol. The van der Waals surface area contributed by atoms with Crippen LogP contribution in [0.1, 0.15) is 57.6 Å². The summed E-state index contributed by atoms with van der Waals surface area (Å²) in [6.45, 7) is 21.3. The van der Waals surface area contributed by atoms with Crippen LogP contribution in [-0.2, 0) is 27.1 Å². The smallest absolute Gasteiger partial charge is 0.192 e. The predicted molar refractivity (Wildman–Crippen MR) is 172 cm³/mol. The fraction of sp³-hybridized carbons (Fsp3) is 0.529. The second-order valence-electron chi connectivity index (χ2n) is 11.6. The number of methoxy groups -OCH3 is 2. The summed E-state index contributed by atoms with van der Waals surface area (Å²) in [5.74, 6) is 1.71. The van der Waals surface area contributed by atoms with Gasteiger partial charge in [-0.3, -0.25) is 0 Å². The van der Waals surface area contributed by atoms with Crippen LogP contribution in [0.25, 0.3) is 0 Å². The van der Waals surface area contributed by atoms with Crippen molar-refractivity contribution in [2.75, 3.05) is 27.4 Å². The van der Waals surface area contributed by atoms with Gasteiger partial charge in [0, 0.05) is 13.2 Å². The van der Waals surface area contributed by atoms with E-state index in [2.05, 4.69) is 47.0 Å². The van der Waals surface area contributed by atoms with Crippen molar-refractivity contribution in [2.45, 2.75) is 90.0 Å². The van der Waals surface area contributed by atoms with Crippen LogP contribution in [0.4, 0.5) is 0 Å². The number of benzene rings is 2. The molecule has 0 saturated carbocycles. The normalized spacial score (nSPS) is 13.0. The van der Waals surface area contributed by atoms with E-state index in [-0.39, 0.29) is 17.2 Å². The monoisotopic (exact) mass is 586 g/mol. The SMILES string of the molecule is C=CC[C@@H](CCOCc1ccc(OC)cc1)O[Si](C)(C)C(C)(C)C.C=CC[C@H](O)CCOCc1ccc(OC)cc1. The van der Waals surface area contributed by atoms with Crippen molar-refractivity contribution in [1.82, 2.24) is 0 Å². The molecule has 0 bridgehead atoms. The maximum atomic E-state index is 9.45. The fourth-order valence-corrected chi connectivity index (χ4v) is 4.97. The Morgan fingerprint density at radius 3 is 1.59 bits per heavy atom. The lowest BCUT2D eigenvalue weighted by atomic mass is 10.2. The quantitative estimate of drug-likeness (QED) is 0.108. The topological polar surface area (TPSA) is 66.4 Å². The summed E-state index contributed by atoms with van der Waals surface area (Å²) < 4.78 is 28.0. The third-order valence-electron chi connectivity index (χ3n) is 7.17. The Bertz CT molecular complexity index is 966. The summed E-state index contributed by atoms with van der Waals surface area (Å²) in [5, 5.41) is 9.67. The van der Waals surface area contributed by atoms with Crippen LogP contribution in [-0.4, -0.2) is 53.1 Å². The van der Waals surface area contributed by atoms with E-state index in [0.29, 0.717) is 39.3 Å². The zero-order valence-corrected chi connectivity index (χ0v) is 27.5. The highest BCUT2D eigenvalue weighted by atomic mass is 28.4. The van der Waals surface area contributed by atoms with Gasteiger partial charge in [-0.05, 0) is 79.2 Å². The van der Waals surface area contributed by atoms with Gasteiger partial charge in [0.1, 0.15) is 11.5 Å². The lowest BCUT2D eigenvalue weighted by molar-refractivity contribution is 0.0746. The highest BCUT2D eigenvalue weighted by molar-refractivity contribution is 6.74. The fourth-order valence-electron chi connectivity index (χ4n) is 3.57. The Balaban J connectivity index is 0.000000435. The lowest BCUT2D eigenvalue weighted by Crippen LogP contribution is -2.44. The summed E-state index contributed by atoms with van der Waals surface area (Å²) >= 11 is 0. The maximum Gasteiger partial charge on any atom is 0.192 e. The zero-order chi connectivity index (χ0) is 30.7. The van der Waals surface area contributed by atoms with Crippen molar-refractivity contribution in [1.29, 1.82) is 0 Å². The van der Waals surface area contributed by atoms with Crippen LogP contribution < -0.4 is 9.47 Å². The lowest BCUT2D eigenvalue weighted by Gasteiger charge is -2.39. The Kier molecular flexibility index (Phi) is 17.5. The first-order valence-corrected chi connectivity index (χ1v) is 17.4. The molecule has 0 radical (unpaired) electrons. The van der Waals surface area contributed by atoms with Crippen LogP contribution in [0.15, 0.2) is 73.8 Å². The Labute approximate surface area is 250 Å². The van der Waals surface area contributed by atoms with Gasteiger partial charge in [0.05, 0.1) is 39.6 Å². The van der Waals surface area contributed by atoms with Crippen LogP contribution in [0, 0.1) is 0 Å². The molecule has 6 nitrogen and oxygen atoms in total. The van der Waals surface area contributed by atoms with Gasteiger partial charge < -0.3 is 28.5 Å². The molecule has 2 rings (SSSR count). The first-order chi connectivity index (χ1) is 19.4. The molecule has 0 unspecified atom stereocenters. The second-order valence-corrected chi connectivity index (χ2v) is 16.3. The number of hydrogen-bond donors (Lipinski definition) is 1. The summed E-state index contributed by atoms with van der Waals surface area (Å²) in [4.78, 5) is 0. The maximum absolute atomic E-state index is 9.45. The van der Waals surface area contributed by atoms with Crippen molar-refractivity contribution in [3.63, 3.8) is 0 Å².